The number of amides is 1. The second kappa shape index (κ2) is 5.40. The second-order valence-electron chi connectivity index (χ2n) is 5.29. The van der Waals surface area contributed by atoms with Gasteiger partial charge in [0.05, 0.1) is 17.4 Å². The van der Waals surface area contributed by atoms with Crippen LogP contribution in [0.3, 0.4) is 0 Å². The molecule has 0 atom stereocenters. The van der Waals surface area contributed by atoms with E-state index in [1.165, 1.54) is 0 Å². The van der Waals surface area contributed by atoms with Gasteiger partial charge in [-0.1, -0.05) is 18.2 Å². The Balaban J connectivity index is 1.77. The largest absolute Gasteiger partial charge is 0.325 e. The van der Waals surface area contributed by atoms with Gasteiger partial charge in [0.1, 0.15) is 6.54 Å². The molecule has 4 heteroatoms. The van der Waals surface area contributed by atoms with Gasteiger partial charge in [0.2, 0.25) is 5.91 Å². The van der Waals surface area contributed by atoms with Crippen molar-refractivity contribution in [2.24, 2.45) is 0 Å². The lowest BCUT2D eigenvalue weighted by molar-refractivity contribution is -0.116. The predicted molar refractivity (Wildman–Crippen MR) is 84.3 cm³/mol. The summed E-state index contributed by atoms with van der Waals surface area (Å²) in [5.41, 5.74) is 4.98. The minimum atomic E-state index is -0.0526. The standard InChI is InChI=1S/C17H17N3O/c1-12-7-13(2)9-14(8-12)19-17(21)10-20-11-18-15-5-3-4-6-16(15)20/h3-9,11H,10H2,1-2H3,(H,19,21). The number of carbonyl (C=O) groups excluding carboxylic acids is 1. The van der Waals surface area contributed by atoms with Crippen molar-refractivity contribution in [2.75, 3.05) is 5.32 Å². The number of hydrogen-bond acceptors (Lipinski definition) is 2. The van der Waals surface area contributed by atoms with E-state index in [-0.39, 0.29) is 12.5 Å². The highest BCUT2D eigenvalue weighted by Gasteiger charge is 2.07. The van der Waals surface area contributed by atoms with Gasteiger partial charge in [-0.3, -0.25) is 4.79 Å². The maximum atomic E-state index is 12.2. The van der Waals surface area contributed by atoms with Gasteiger partial charge in [-0.25, -0.2) is 4.98 Å². The third-order valence-electron chi connectivity index (χ3n) is 3.35. The number of aromatic nitrogens is 2. The SMILES string of the molecule is Cc1cc(C)cc(NC(=O)Cn2cnc3ccccc32)c1. The van der Waals surface area contributed by atoms with Crippen LogP contribution < -0.4 is 5.32 Å². The maximum absolute atomic E-state index is 12.2. The van der Waals surface area contributed by atoms with Crippen LogP contribution in [-0.4, -0.2) is 15.5 Å². The highest BCUT2D eigenvalue weighted by molar-refractivity contribution is 5.91. The van der Waals surface area contributed by atoms with E-state index in [0.29, 0.717) is 0 Å². The molecular formula is C17H17N3O. The molecule has 1 N–H and O–H groups in total. The van der Waals surface area contributed by atoms with Crippen molar-refractivity contribution < 1.29 is 4.79 Å². The molecule has 0 aliphatic rings. The van der Waals surface area contributed by atoms with Crippen LogP contribution in [0.5, 0.6) is 0 Å². The molecule has 3 aromatic rings. The van der Waals surface area contributed by atoms with Crippen molar-refractivity contribution in [2.45, 2.75) is 20.4 Å². The average molecular weight is 279 g/mol. The van der Waals surface area contributed by atoms with Gasteiger partial charge in [0.15, 0.2) is 0 Å². The number of carbonyl (C=O) groups is 1. The smallest absolute Gasteiger partial charge is 0.244 e. The molecule has 4 nitrogen and oxygen atoms in total. The van der Waals surface area contributed by atoms with Crippen LogP contribution in [0.2, 0.25) is 0 Å². The van der Waals surface area contributed by atoms with Crippen molar-refractivity contribution in [1.82, 2.24) is 9.55 Å². The van der Waals surface area contributed by atoms with Crippen molar-refractivity contribution in [3.05, 3.63) is 59.9 Å². The number of hydrogen-bond donors (Lipinski definition) is 1. The number of nitrogens with one attached hydrogen (secondary N) is 1. The molecule has 106 valence electrons. The molecule has 21 heavy (non-hydrogen) atoms. The molecule has 0 spiro atoms. The summed E-state index contributed by atoms with van der Waals surface area (Å²) < 4.78 is 1.85. The van der Waals surface area contributed by atoms with Gasteiger partial charge in [0.25, 0.3) is 0 Å². The summed E-state index contributed by atoms with van der Waals surface area (Å²) in [6, 6.07) is 13.8. The molecule has 0 saturated carbocycles. The molecule has 0 aliphatic carbocycles. The first-order chi connectivity index (χ1) is 10.1. The number of fused-ring (bicyclic) bond motifs is 1. The monoisotopic (exact) mass is 279 g/mol. The Morgan fingerprint density at radius 3 is 2.62 bits per heavy atom. The summed E-state index contributed by atoms with van der Waals surface area (Å²) in [5.74, 6) is -0.0526. The molecule has 0 radical (unpaired) electrons. The third-order valence-corrected chi connectivity index (χ3v) is 3.35. The van der Waals surface area contributed by atoms with E-state index in [2.05, 4.69) is 16.4 Å². The normalized spacial score (nSPS) is 10.8. The van der Waals surface area contributed by atoms with Gasteiger partial charge >= 0.3 is 0 Å². The lowest BCUT2D eigenvalue weighted by Gasteiger charge is -2.08. The zero-order valence-corrected chi connectivity index (χ0v) is 12.1. The van der Waals surface area contributed by atoms with E-state index in [0.717, 1.165) is 27.8 Å². The molecule has 1 amide bonds. The van der Waals surface area contributed by atoms with Gasteiger partial charge in [-0.15, -0.1) is 0 Å². The number of para-hydroxylation sites is 2. The fraction of sp³-hybridized carbons (Fsp3) is 0.176. The zero-order chi connectivity index (χ0) is 14.8. The average Bonchev–Trinajstić information content (AvgIpc) is 2.81. The van der Waals surface area contributed by atoms with Crippen LogP contribution in [0.1, 0.15) is 11.1 Å². The zero-order valence-electron chi connectivity index (χ0n) is 12.1. The van der Waals surface area contributed by atoms with Crippen molar-refractivity contribution >= 4 is 22.6 Å². The molecule has 0 fully saturated rings. The van der Waals surface area contributed by atoms with Gasteiger partial charge in [-0.05, 0) is 49.2 Å². The Bertz CT molecular complexity index is 784. The Morgan fingerprint density at radius 2 is 1.86 bits per heavy atom. The number of anilines is 1. The van der Waals surface area contributed by atoms with Gasteiger partial charge < -0.3 is 9.88 Å². The number of rotatable bonds is 3. The molecule has 1 aromatic heterocycles. The predicted octanol–water partition coefficient (Wildman–Crippen LogP) is 3.29. The Morgan fingerprint density at radius 1 is 1.14 bits per heavy atom. The summed E-state index contributed by atoms with van der Waals surface area (Å²) in [5, 5.41) is 2.94. The Kier molecular flexibility index (Phi) is 3.44. The highest BCUT2D eigenvalue weighted by Crippen LogP contribution is 2.15. The molecule has 0 bridgehead atoms. The molecule has 1 heterocycles. The molecule has 0 unspecified atom stereocenters. The fourth-order valence-corrected chi connectivity index (χ4v) is 2.54. The van der Waals surface area contributed by atoms with Gasteiger partial charge in [-0.2, -0.15) is 0 Å². The van der Waals surface area contributed by atoms with Crippen molar-refractivity contribution in [1.29, 1.82) is 0 Å². The van der Waals surface area contributed by atoms with Crippen molar-refractivity contribution in [3.8, 4) is 0 Å². The molecular weight excluding hydrogens is 262 g/mol. The van der Waals surface area contributed by atoms with E-state index in [4.69, 9.17) is 0 Å². The number of aryl methyl sites for hydroxylation is 2. The number of nitrogens with zero attached hydrogens (tertiary/aromatic N) is 2. The third kappa shape index (κ3) is 2.94. The quantitative estimate of drug-likeness (QED) is 0.799. The molecule has 0 aliphatic heterocycles. The van der Waals surface area contributed by atoms with Crippen LogP contribution in [0.25, 0.3) is 11.0 Å². The summed E-state index contributed by atoms with van der Waals surface area (Å²) in [6.07, 6.45) is 1.70. The lowest BCUT2D eigenvalue weighted by atomic mass is 10.1. The summed E-state index contributed by atoms with van der Waals surface area (Å²) in [6.45, 7) is 4.30. The first-order valence-corrected chi connectivity index (χ1v) is 6.90. The fourth-order valence-electron chi connectivity index (χ4n) is 2.54. The van der Waals surface area contributed by atoms with E-state index < -0.39 is 0 Å². The number of imidazole rings is 1. The van der Waals surface area contributed by atoms with Crippen LogP contribution in [0.4, 0.5) is 5.69 Å². The van der Waals surface area contributed by atoms with Crippen LogP contribution in [0, 0.1) is 13.8 Å². The topological polar surface area (TPSA) is 46.9 Å². The first-order valence-electron chi connectivity index (χ1n) is 6.90. The number of benzene rings is 2. The van der Waals surface area contributed by atoms with Crippen molar-refractivity contribution in [3.63, 3.8) is 0 Å². The highest BCUT2D eigenvalue weighted by atomic mass is 16.1. The van der Waals surface area contributed by atoms with E-state index in [9.17, 15) is 4.79 Å². The van der Waals surface area contributed by atoms with Crippen LogP contribution in [0.15, 0.2) is 48.8 Å². The van der Waals surface area contributed by atoms with Crippen LogP contribution >= 0.6 is 0 Å². The minimum Gasteiger partial charge on any atom is -0.325 e. The summed E-state index contributed by atoms with van der Waals surface area (Å²) >= 11 is 0. The van der Waals surface area contributed by atoms with Crippen LogP contribution in [-0.2, 0) is 11.3 Å². The minimum absolute atomic E-state index is 0.0526. The van der Waals surface area contributed by atoms with Gasteiger partial charge in [0, 0.05) is 5.69 Å². The first kappa shape index (κ1) is 13.4. The van der Waals surface area contributed by atoms with E-state index >= 15 is 0 Å². The van der Waals surface area contributed by atoms with E-state index in [1.54, 1.807) is 6.33 Å². The summed E-state index contributed by atoms with van der Waals surface area (Å²) in [7, 11) is 0. The van der Waals surface area contributed by atoms with E-state index in [1.807, 2.05) is 54.8 Å². The second-order valence-corrected chi connectivity index (χ2v) is 5.29. The lowest BCUT2D eigenvalue weighted by Crippen LogP contribution is -2.18. The maximum Gasteiger partial charge on any atom is 0.244 e. The summed E-state index contributed by atoms with van der Waals surface area (Å²) in [4.78, 5) is 16.5. The molecule has 0 saturated heterocycles. The Labute approximate surface area is 123 Å². The molecule has 3 rings (SSSR count). The Hall–Kier alpha value is -2.62. The molecule has 2 aromatic carbocycles.